The highest BCUT2D eigenvalue weighted by Gasteiger charge is 2.51. The van der Waals surface area contributed by atoms with Crippen LogP contribution in [0.15, 0.2) is 0 Å². The van der Waals surface area contributed by atoms with Gasteiger partial charge in [0.1, 0.15) is 11.9 Å². The van der Waals surface area contributed by atoms with E-state index in [0.29, 0.717) is 13.0 Å². The summed E-state index contributed by atoms with van der Waals surface area (Å²) in [6, 6.07) is -0.740. The van der Waals surface area contributed by atoms with Gasteiger partial charge in [-0.25, -0.2) is 13.1 Å². The van der Waals surface area contributed by atoms with E-state index in [4.69, 9.17) is 0 Å². The maximum Gasteiger partial charge on any atom is 0.242 e. The van der Waals surface area contributed by atoms with E-state index in [9.17, 15) is 13.2 Å². The summed E-state index contributed by atoms with van der Waals surface area (Å²) in [5.74, 6) is -0.0995. The van der Waals surface area contributed by atoms with Crippen LogP contribution in [0.25, 0.3) is 0 Å². The van der Waals surface area contributed by atoms with E-state index < -0.39 is 16.1 Å². The van der Waals surface area contributed by atoms with Crippen LogP contribution in [0.5, 0.6) is 0 Å². The van der Waals surface area contributed by atoms with E-state index in [2.05, 4.69) is 4.72 Å². The molecule has 1 N–H and O–H groups in total. The van der Waals surface area contributed by atoms with Gasteiger partial charge in [0, 0.05) is 23.7 Å². The molecule has 2 saturated heterocycles. The summed E-state index contributed by atoms with van der Waals surface area (Å²) in [7, 11) is -3.36. The van der Waals surface area contributed by atoms with Crippen LogP contribution in [0, 0.1) is 0 Å². The average Bonchev–Trinajstić information content (AvgIpc) is 2.23. The fraction of sp³-hybridized carbons (Fsp3) is 0.929. The molecule has 0 aromatic carbocycles. The second-order valence-electron chi connectivity index (χ2n) is 8.00. The number of carbonyl (C=O) groups is 1. The maximum atomic E-state index is 12.9. The van der Waals surface area contributed by atoms with Gasteiger partial charge in [-0.2, -0.15) is 0 Å². The van der Waals surface area contributed by atoms with E-state index in [1.807, 2.05) is 51.3 Å². The minimum Gasteiger partial charge on any atom is -0.336 e. The van der Waals surface area contributed by atoms with Crippen LogP contribution in [0.2, 0.25) is 0 Å². The van der Waals surface area contributed by atoms with Gasteiger partial charge in [0.2, 0.25) is 15.9 Å². The van der Waals surface area contributed by atoms with Crippen molar-refractivity contribution in [3.63, 3.8) is 0 Å². The van der Waals surface area contributed by atoms with E-state index in [-0.39, 0.29) is 28.9 Å². The molecule has 21 heavy (non-hydrogen) atoms. The number of sulfonamides is 1. The molecule has 6 nitrogen and oxygen atoms in total. The second-order valence-corrected chi connectivity index (χ2v) is 9.73. The fourth-order valence-electron chi connectivity index (χ4n) is 3.15. The molecule has 2 aliphatic heterocycles. The lowest BCUT2D eigenvalue weighted by Gasteiger charge is -2.53. The first-order valence-corrected chi connectivity index (χ1v) is 9.06. The minimum absolute atomic E-state index is 0.0241. The molecule has 0 radical (unpaired) electrons. The third-order valence-electron chi connectivity index (χ3n) is 4.21. The molecule has 2 aliphatic rings. The quantitative estimate of drug-likeness (QED) is 0.716. The first kappa shape index (κ1) is 16.7. The first-order chi connectivity index (χ1) is 9.33. The lowest BCUT2D eigenvalue weighted by molar-refractivity contribution is -0.149. The van der Waals surface area contributed by atoms with Crippen LogP contribution in [-0.4, -0.2) is 59.7 Å². The highest BCUT2D eigenvalue weighted by atomic mass is 32.2. The summed E-state index contributed by atoms with van der Waals surface area (Å²) in [6.45, 7) is 12.5. The maximum absolute atomic E-state index is 12.9. The van der Waals surface area contributed by atoms with Crippen molar-refractivity contribution in [2.24, 2.45) is 0 Å². The molecule has 1 amide bonds. The van der Waals surface area contributed by atoms with Crippen molar-refractivity contribution in [1.82, 2.24) is 14.5 Å². The summed E-state index contributed by atoms with van der Waals surface area (Å²) in [6.07, 6.45) is 0.652. The molecule has 0 spiro atoms. The summed E-state index contributed by atoms with van der Waals surface area (Å²) in [5, 5.41) is 0. The van der Waals surface area contributed by atoms with Crippen LogP contribution in [0.4, 0.5) is 0 Å². The van der Waals surface area contributed by atoms with Crippen LogP contribution < -0.4 is 4.72 Å². The van der Waals surface area contributed by atoms with Crippen molar-refractivity contribution in [3.8, 4) is 0 Å². The molecule has 2 fully saturated rings. The molecule has 2 unspecified atom stereocenters. The van der Waals surface area contributed by atoms with E-state index in [1.54, 1.807) is 0 Å². The molecular formula is C14H27N3O3S. The lowest BCUT2D eigenvalue weighted by atomic mass is 9.90. The van der Waals surface area contributed by atoms with Crippen molar-refractivity contribution < 1.29 is 13.2 Å². The Bertz CT molecular complexity index is 531. The van der Waals surface area contributed by atoms with Gasteiger partial charge in [0.05, 0.1) is 0 Å². The highest BCUT2D eigenvalue weighted by Crippen LogP contribution is 2.31. The van der Waals surface area contributed by atoms with E-state index >= 15 is 0 Å². The number of nitrogens with one attached hydrogen (secondary N) is 1. The fourth-order valence-corrected chi connectivity index (χ4v) is 4.85. The number of hydrogen-bond acceptors (Lipinski definition) is 4. The molecule has 7 heteroatoms. The van der Waals surface area contributed by atoms with Gasteiger partial charge >= 0.3 is 0 Å². The third kappa shape index (κ3) is 3.24. The molecule has 0 bridgehead atoms. The number of amides is 1. The van der Waals surface area contributed by atoms with Gasteiger partial charge in [-0.3, -0.25) is 9.69 Å². The molecule has 2 heterocycles. The molecule has 0 aromatic rings. The molecule has 2 atom stereocenters. The van der Waals surface area contributed by atoms with Crippen molar-refractivity contribution in [2.75, 3.05) is 12.4 Å². The topological polar surface area (TPSA) is 69.7 Å². The van der Waals surface area contributed by atoms with Crippen LogP contribution in [-0.2, 0) is 14.8 Å². The smallest absolute Gasteiger partial charge is 0.242 e. The number of carbonyl (C=O) groups excluding carboxylic acids is 1. The number of fused-ring (bicyclic) bond motifs is 1. The zero-order valence-corrected chi connectivity index (χ0v) is 14.6. The largest absolute Gasteiger partial charge is 0.336 e. The van der Waals surface area contributed by atoms with Crippen LogP contribution >= 0.6 is 0 Å². The summed E-state index contributed by atoms with van der Waals surface area (Å²) < 4.78 is 26.8. The number of likely N-dealkylation sites (tertiary alicyclic amines) is 1. The Labute approximate surface area is 127 Å². The van der Waals surface area contributed by atoms with Crippen LogP contribution in [0.1, 0.15) is 48.0 Å². The van der Waals surface area contributed by atoms with Gasteiger partial charge in [-0.05, 0) is 48.0 Å². The molecule has 0 aromatic heterocycles. The SMILES string of the molecule is CC(C)(C)N1CCC2NS(=O)(=O)CN(C(C)(C)C)C2C1=O. The molecule has 0 saturated carbocycles. The molecule has 0 aliphatic carbocycles. The van der Waals surface area contributed by atoms with Gasteiger partial charge in [0.15, 0.2) is 0 Å². The number of nitrogens with zero attached hydrogens (tertiary/aromatic N) is 2. The third-order valence-corrected chi connectivity index (χ3v) is 5.49. The molecule has 2 rings (SSSR count). The minimum atomic E-state index is -3.36. The normalized spacial score (nSPS) is 31.1. The zero-order valence-electron chi connectivity index (χ0n) is 13.8. The van der Waals surface area contributed by atoms with Crippen molar-refractivity contribution in [1.29, 1.82) is 0 Å². The Hall–Kier alpha value is -0.660. The summed E-state index contributed by atoms with van der Waals surface area (Å²) in [5.41, 5.74) is -0.628. The monoisotopic (exact) mass is 317 g/mol. The molecular weight excluding hydrogens is 290 g/mol. The lowest BCUT2D eigenvalue weighted by Crippen LogP contribution is -2.73. The Morgan fingerprint density at radius 3 is 2.14 bits per heavy atom. The second kappa shape index (κ2) is 4.93. The Morgan fingerprint density at radius 2 is 1.67 bits per heavy atom. The van der Waals surface area contributed by atoms with Crippen molar-refractivity contribution in [3.05, 3.63) is 0 Å². The number of piperidine rings is 1. The van der Waals surface area contributed by atoms with Crippen molar-refractivity contribution >= 4 is 15.9 Å². The standard InChI is InChI=1S/C14H27N3O3S/c1-13(2,3)16-8-7-10-11(12(16)18)17(14(4,5)6)9-21(19,20)15-10/h10-11,15H,7-9H2,1-6H3. The first-order valence-electron chi connectivity index (χ1n) is 7.41. The average molecular weight is 317 g/mol. The number of hydrogen-bond donors (Lipinski definition) is 1. The zero-order chi connectivity index (χ0) is 16.2. The number of rotatable bonds is 0. The molecule has 122 valence electrons. The summed E-state index contributed by atoms with van der Waals surface area (Å²) >= 11 is 0. The predicted molar refractivity (Wildman–Crippen MR) is 82.2 cm³/mol. The van der Waals surface area contributed by atoms with Crippen molar-refractivity contribution in [2.45, 2.75) is 71.1 Å². The van der Waals surface area contributed by atoms with Gasteiger partial charge in [-0.1, -0.05) is 0 Å². The van der Waals surface area contributed by atoms with Gasteiger partial charge < -0.3 is 4.90 Å². The van der Waals surface area contributed by atoms with Crippen LogP contribution in [0.3, 0.4) is 0 Å². The Balaban J connectivity index is 2.40. The van der Waals surface area contributed by atoms with E-state index in [0.717, 1.165) is 0 Å². The van der Waals surface area contributed by atoms with Gasteiger partial charge in [-0.15, -0.1) is 0 Å². The highest BCUT2D eigenvalue weighted by molar-refractivity contribution is 7.89. The Kier molecular flexibility index (Phi) is 3.92. The predicted octanol–water partition coefficient (Wildman–Crippen LogP) is 0.745. The Morgan fingerprint density at radius 1 is 1.10 bits per heavy atom. The van der Waals surface area contributed by atoms with E-state index in [1.165, 1.54) is 0 Å². The summed E-state index contributed by atoms with van der Waals surface area (Å²) in [4.78, 5) is 16.6. The van der Waals surface area contributed by atoms with Gasteiger partial charge in [0.25, 0.3) is 0 Å².